The number of nitrogens with one attached hydrogen (secondary N) is 2. The van der Waals surface area contributed by atoms with Gasteiger partial charge in [-0.2, -0.15) is 0 Å². The average Bonchev–Trinajstić information content (AvgIpc) is 2.49. The number of nitrogens with zero attached hydrogens (tertiary/aromatic N) is 2. The van der Waals surface area contributed by atoms with E-state index in [0.717, 1.165) is 12.3 Å². The second-order valence-corrected chi connectivity index (χ2v) is 3.72. The third-order valence-corrected chi connectivity index (χ3v) is 2.33. The Morgan fingerprint density at radius 1 is 1.43 bits per heavy atom. The molecule has 0 aliphatic carbocycles. The van der Waals surface area contributed by atoms with Crippen LogP contribution in [0.2, 0.25) is 0 Å². The Morgan fingerprint density at radius 3 is 2.71 bits per heavy atom. The molecule has 0 aliphatic rings. The Bertz CT molecular complexity index is 548. The highest BCUT2D eigenvalue weighted by molar-refractivity contribution is 5.95. The van der Waals surface area contributed by atoms with Gasteiger partial charge < -0.3 is 20.1 Å². The molecule has 0 bridgehead atoms. The number of ether oxygens (including phenoxy) is 2. The molecule has 21 heavy (non-hydrogen) atoms. The van der Waals surface area contributed by atoms with Crippen molar-refractivity contribution >= 4 is 23.4 Å². The average molecular weight is 298 g/mol. The van der Waals surface area contributed by atoms with Crippen LogP contribution in [-0.2, 0) is 14.3 Å². The van der Waals surface area contributed by atoms with Crippen molar-refractivity contribution in [2.24, 2.45) is 0 Å². The first-order valence-electron chi connectivity index (χ1n) is 5.71. The Kier molecular flexibility index (Phi) is 6.01. The highest BCUT2D eigenvalue weighted by Crippen LogP contribution is 2.22. The third-order valence-electron chi connectivity index (χ3n) is 2.33. The van der Waals surface area contributed by atoms with E-state index < -0.39 is 22.5 Å². The smallest absolute Gasteiger partial charge is 0.325 e. The highest BCUT2D eigenvalue weighted by Gasteiger charge is 2.19. The lowest BCUT2D eigenvalue weighted by Crippen LogP contribution is -2.25. The van der Waals surface area contributed by atoms with E-state index >= 15 is 0 Å². The normalized spacial score (nSPS) is 9.81. The Labute approximate surface area is 119 Å². The quantitative estimate of drug-likeness (QED) is 0.309. The van der Waals surface area contributed by atoms with Crippen molar-refractivity contribution in [1.29, 1.82) is 0 Å². The Morgan fingerprint density at radius 2 is 2.14 bits per heavy atom. The molecule has 0 aliphatic heterocycles. The summed E-state index contributed by atoms with van der Waals surface area (Å²) in [5, 5.41) is 15.8. The van der Waals surface area contributed by atoms with Crippen molar-refractivity contribution in [2.45, 2.75) is 0 Å². The van der Waals surface area contributed by atoms with Gasteiger partial charge in [0, 0.05) is 19.4 Å². The van der Waals surface area contributed by atoms with Gasteiger partial charge in [0.25, 0.3) is 5.91 Å². The largest absolute Gasteiger partial charge is 0.468 e. The summed E-state index contributed by atoms with van der Waals surface area (Å²) in [6, 6.07) is 1.05. The number of carbonyl (C=O) groups is 2. The Balaban J connectivity index is 2.93. The van der Waals surface area contributed by atoms with Gasteiger partial charge >= 0.3 is 11.7 Å². The molecule has 1 aromatic rings. The van der Waals surface area contributed by atoms with Gasteiger partial charge in [0.05, 0.1) is 17.6 Å². The molecule has 0 saturated carbocycles. The summed E-state index contributed by atoms with van der Waals surface area (Å²) < 4.78 is 9.06. The molecule has 1 rings (SSSR count). The Hall–Kier alpha value is -2.75. The van der Waals surface area contributed by atoms with Gasteiger partial charge in [-0.15, -0.1) is 0 Å². The first-order chi connectivity index (χ1) is 9.99. The number of carbonyl (C=O) groups excluding carboxylic acids is 2. The van der Waals surface area contributed by atoms with Gasteiger partial charge in [-0.25, -0.2) is 4.98 Å². The number of hydrogen-bond donors (Lipinski definition) is 2. The number of methoxy groups -OCH3 is 2. The van der Waals surface area contributed by atoms with E-state index in [2.05, 4.69) is 25.1 Å². The molecule has 0 unspecified atom stereocenters. The van der Waals surface area contributed by atoms with Crippen LogP contribution in [0.15, 0.2) is 12.3 Å². The lowest BCUT2D eigenvalue weighted by Gasteiger charge is -2.07. The second kappa shape index (κ2) is 7.75. The van der Waals surface area contributed by atoms with E-state index in [4.69, 9.17) is 0 Å². The minimum atomic E-state index is -0.709. The van der Waals surface area contributed by atoms with Gasteiger partial charge in [0.2, 0.25) is 5.82 Å². The SMILES string of the molecule is COCNC(=O)c1cnc(NCC(=O)OC)c([N+](=O)[O-])c1. The molecule has 1 aromatic heterocycles. The van der Waals surface area contributed by atoms with E-state index in [9.17, 15) is 19.7 Å². The first kappa shape index (κ1) is 16.3. The number of pyridine rings is 1. The fraction of sp³-hybridized carbons (Fsp3) is 0.364. The van der Waals surface area contributed by atoms with Crippen LogP contribution in [0.25, 0.3) is 0 Å². The van der Waals surface area contributed by atoms with Crippen LogP contribution in [0.3, 0.4) is 0 Å². The lowest BCUT2D eigenvalue weighted by molar-refractivity contribution is -0.384. The summed E-state index contributed by atoms with van der Waals surface area (Å²) in [4.78, 5) is 36.7. The fourth-order valence-corrected chi connectivity index (χ4v) is 1.32. The van der Waals surface area contributed by atoms with E-state index in [1.807, 2.05) is 0 Å². The summed E-state index contributed by atoms with van der Waals surface area (Å²) in [5.74, 6) is -1.30. The summed E-state index contributed by atoms with van der Waals surface area (Å²) >= 11 is 0. The predicted molar refractivity (Wildman–Crippen MR) is 70.7 cm³/mol. The van der Waals surface area contributed by atoms with Gasteiger partial charge in [-0.3, -0.25) is 19.7 Å². The van der Waals surface area contributed by atoms with Crippen LogP contribution in [-0.4, -0.2) is 49.3 Å². The zero-order valence-electron chi connectivity index (χ0n) is 11.4. The molecule has 0 radical (unpaired) electrons. The monoisotopic (exact) mass is 298 g/mol. The van der Waals surface area contributed by atoms with Gasteiger partial charge in [-0.1, -0.05) is 0 Å². The van der Waals surface area contributed by atoms with Crippen molar-refractivity contribution in [3.63, 3.8) is 0 Å². The number of amides is 1. The second-order valence-electron chi connectivity index (χ2n) is 3.72. The van der Waals surface area contributed by atoms with Crippen molar-refractivity contribution in [3.05, 3.63) is 27.9 Å². The number of esters is 1. The number of nitro groups is 1. The molecule has 2 N–H and O–H groups in total. The maximum atomic E-state index is 11.7. The maximum absolute atomic E-state index is 11.7. The number of hydrogen-bond acceptors (Lipinski definition) is 8. The molecule has 0 saturated heterocycles. The summed E-state index contributed by atoms with van der Waals surface area (Å²) in [6.45, 7) is -0.311. The zero-order chi connectivity index (χ0) is 15.8. The molecule has 1 amide bonds. The van der Waals surface area contributed by atoms with Gasteiger partial charge in [0.1, 0.15) is 13.3 Å². The van der Waals surface area contributed by atoms with Crippen molar-refractivity contribution < 1.29 is 24.0 Å². The molecule has 10 nitrogen and oxygen atoms in total. The van der Waals surface area contributed by atoms with Crippen LogP contribution >= 0.6 is 0 Å². The minimum Gasteiger partial charge on any atom is -0.468 e. The molecule has 0 aromatic carbocycles. The summed E-state index contributed by atoms with van der Waals surface area (Å²) in [6.07, 6.45) is 1.15. The van der Waals surface area contributed by atoms with E-state index in [-0.39, 0.29) is 24.7 Å². The lowest BCUT2D eigenvalue weighted by atomic mass is 10.2. The topological polar surface area (TPSA) is 133 Å². The third kappa shape index (κ3) is 4.69. The number of rotatable bonds is 7. The maximum Gasteiger partial charge on any atom is 0.325 e. The first-order valence-corrected chi connectivity index (χ1v) is 5.71. The van der Waals surface area contributed by atoms with Crippen molar-refractivity contribution in [2.75, 3.05) is 32.8 Å². The van der Waals surface area contributed by atoms with E-state index in [1.165, 1.54) is 14.2 Å². The molecule has 0 atom stereocenters. The molecule has 0 fully saturated rings. The van der Waals surface area contributed by atoms with Crippen molar-refractivity contribution in [3.8, 4) is 0 Å². The number of aromatic nitrogens is 1. The van der Waals surface area contributed by atoms with Crippen LogP contribution in [0.5, 0.6) is 0 Å². The van der Waals surface area contributed by atoms with Crippen LogP contribution < -0.4 is 10.6 Å². The van der Waals surface area contributed by atoms with E-state index in [1.54, 1.807) is 0 Å². The number of anilines is 1. The molecule has 1 heterocycles. The van der Waals surface area contributed by atoms with Gasteiger partial charge in [-0.05, 0) is 0 Å². The van der Waals surface area contributed by atoms with E-state index in [0.29, 0.717) is 0 Å². The molecule has 0 spiro atoms. The fourth-order valence-electron chi connectivity index (χ4n) is 1.32. The van der Waals surface area contributed by atoms with Crippen molar-refractivity contribution in [1.82, 2.24) is 10.3 Å². The summed E-state index contributed by atoms with van der Waals surface area (Å²) in [7, 11) is 2.58. The molecular formula is C11H14N4O6. The van der Waals surface area contributed by atoms with Crippen LogP contribution in [0.1, 0.15) is 10.4 Å². The van der Waals surface area contributed by atoms with Crippen LogP contribution in [0, 0.1) is 10.1 Å². The predicted octanol–water partition coefficient (Wildman–Crippen LogP) is -0.0916. The molecular weight excluding hydrogens is 284 g/mol. The molecule has 10 heteroatoms. The zero-order valence-corrected chi connectivity index (χ0v) is 11.4. The van der Waals surface area contributed by atoms with Gasteiger partial charge in [0.15, 0.2) is 0 Å². The summed E-state index contributed by atoms with van der Waals surface area (Å²) in [5.41, 5.74) is -0.425. The standard InChI is InChI=1S/C11H14N4O6/c1-20-6-14-11(17)7-3-8(15(18)19)10(12-4-7)13-5-9(16)21-2/h3-4H,5-6H2,1-2H3,(H,12,13)(H,14,17). The highest BCUT2D eigenvalue weighted by atomic mass is 16.6. The minimum absolute atomic E-state index is 0.00219. The van der Waals surface area contributed by atoms with Crippen LogP contribution in [0.4, 0.5) is 11.5 Å². The molecule has 114 valence electrons.